The lowest BCUT2D eigenvalue weighted by atomic mass is 10.1. The van der Waals surface area contributed by atoms with Gasteiger partial charge in [-0.3, -0.25) is 0 Å². The minimum atomic E-state index is -0.338. The van der Waals surface area contributed by atoms with Gasteiger partial charge in [-0.05, 0) is 30.3 Å². The number of carbonyl (C=O) groups is 1. The molecule has 0 aliphatic carbocycles. The number of urea groups is 1. The smallest absolute Gasteiger partial charge is 0.323 e. The number of hydrogen-bond donors (Lipinski definition) is 2. The largest absolute Gasteiger partial charge is 0.497 e. The van der Waals surface area contributed by atoms with Crippen molar-refractivity contribution in [2.24, 2.45) is 0 Å². The Labute approximate surface area is 151 Å². The van der Waals surface area contributed by atoms with Crippen molar-refractivity contribution in [3.8, 4) is 22.9 Å². The molecule has 0 spiro atoms. The van der Waals surface area contributed by atoms with Crippen LogP contribution < -0.4 is 20.1 Å². The number of methoxy groups -OCH3 is 2. The Morgan fingerprint density at radius 1 is 0.846 bits per heavy atom. The molecule has 2 aromatic carbocycles. The van der Waals surface area contributed by atoms with Gasteiger partial charge < -0.3 is 20.1 Å². The predicted molar refractivity (Wildman–Crippen MR) is 99.7 cm³/mol. The number of hydrogen-bond acceptors (Lipinski definition) is 5. The summed E-state index contributed by atoms with van der Waals surface area (Å²) >= 11 is 0. The van der Waals surface area contributed by atoms with E-state index in [2.05, 4.69) is 20.8 Å². The van der Waals surface area contributed by atoms with Gasteiger partial charge in [0.2, 0.25) is 5.88 Å². The number of benzene rings is 2. The second kappa shape index (κ2) is 7.98. The van der Waals surface area contributed by atoms with E-state index in [1.165, 1.54) is 0 Å². The van der Waals surface area contributed by atoms with Gasteiger partial charge in [-0.1, -0.05) is 18.2 Å². The first-order valence-corrected chi connectivity index (χ1v) is 7.88. The van der Waals surface area contributed by atoms with Crippen molar-refractivity contribution >= 4 is 17.4 Å². The molecule has 3 rings (SSSR count). The lowest BCUT2D eigenvalue weighted by Crippen LogP contribution is -2.19. The molecule has 0 aliphatic rings. The standard InChI is InChI=1S/C19H18N4O3/c1-25-16-5-3-4-15(12-16)21-19(24)20-14-8-6-13(7-9-14)17-10-11-18(26-2)23-22-17/h3-12H,1-2H3,(H2,20,21,24). The fourth-order valence-electron chi connectivity index (χ4n) is 2.30. The third-order valence-corrected chi connectivity index (χ3v) is 3.62. The van der Waals surface area contributed by atoms with Crippen LogP contribution in [0.1, 0.15) is 0 Å². The van der Waals surface area contributed by atoms with Crippen molar-refractivity contribution < 1.29 is 14.3 Å². The van der Waals surface area contributed by atoms with E-state index in [1.54, 1.807) is 50.6 Å². The SMILES string of the molecule is COc1cccc(NC(=O)Nc2ccc(-c3ccc(OC)nn3)cc2)c1. The molecule has 2 amide bonds. The van der Waals surface area contributed by atoms with E-state index in [4.69, 9.17) is 9.47 Å². The maximum absolute atomic E-state index is 12.1. The number of anilines is 2. The Bertz CT molecular complexity index is 880. The van der Waals surface area contributed by atoms with Crippen molar-refractivity contribution in [3.05, 3.63) is 60.7 Å². The van der Waals surface area contributed by atoms with Crippen LogP contribution in [0.3, 0.4) is 0 Å². The van der Waals surface area contributed by atoms with Gasteiger partial charge in [0.15, 0.2) is 0 Å². The molecule has 2 N–H and O–H groups in total. The number of ether oxygens (including phenoxy) is 2. The van der Waals surface area contributed by atoms with E-state index < -0.39 is 0 Å². The van der Waals surface area contributed by atoms with Gasteiger partial charge in [-0.25, -0.2) is 4.79 Å². The summed E-state index contributed by atoms with van der Waals surface area (Å²) in [5, 5.41) is 13.6. The van der Waals surface area contributed by atoms with Crippen molar-refractivity contribution in [3.63, 3.8) is 0 Å². The lowest BCUT2D eigenvalue weighted by molar-refractivity contribution is 0.262. The van der Waals surface area contributed by atoms with E-state index in [-0.39, 0.29) is 6.03 Å². The first-order chi connectivity index (χ1) is 12.7. The topological polar surface area (TPSA) is 85.4 Å². The molecule has 132 valence electrons. The lowest BCUT2D eigenvalue weighted by Gasteiger charge is -2.09. The average Bonchev–Trinajstić information content (AvgIpc) is 2.69. The van der Waals surface area contributed by atoms with Crippen LogP contribution in [0.2, 0.25) is 0 Å². The molecule has 0 radical (unpaired) electrons. The van der Waals surface area contributed by atoms with Gasteiger partial charge in [0.05, 0.1) is 19.9 Å². The van der Waals surface area contributed by atoms with E-state index in [0.717, 1.165) is 11.3 Å². The Kier molecular flexibility index (Phi) is 5.28. The minimum absolute atomic E-state index is 0.338. The van der Waals surface area contributed by atoms with E-state index in [0.29, 0.717) is 23.0 Å². The van der Waals surface area contributed by atoms with E-state index in [9.17, 15) is 4.79 Å². The summed E-state index contributed by atoms with van der Waals surface area (Å²) in [6.45, 7) is 0. The first-order valence-electron chi connectivity index (χ1n) is 7.88. The highest BCUT2D eigenvalue weighted by atomic mass is 16.5. The highest BCUT2D eigenvalue weighted by Crippen LogP contribution is 2.21. The number of rotatable bonds is 5. The summed E-state index contributed by atoms with van der Waals surface area (Å²) in [7, 11) is 3.12. The molecule has 0 fully saturated rings. The van der Waals surface area contributed by atoms with E-state index >= 15 is 0 Å². The number of nitrogens with zero attached hydrogens (tertiary/aromatic N) is 2. The van der Waals surface area contributed by atoms with Crippen LogP contribution >= 0.6 is 0 Å². The third kappa shape index (κ3) is 4.27. The second-order valence-corrected chi connectivity index (χ2v) is 5.35. The van der Waals surface area contributed by atoms with Crippen molar-refractivity contribution in [2.45, 2.75) is 0 Å². The second-order valence-electron chi connectivity index (χ2n) is 5.35. The van der Waals surface area contributed by atoms with Crippen molar-refractivity contribution in [1.29, 1.82) is 0 Å². The molecule has 0 saturated carbocycles. The minimum Gasteiger partial charge on any atom is -0.497 e. The summed E-state index contributed by atoms with van der Waals surface area (Å²) in [5.41, 5.74) is 2.92. The van der Waals surface area contributed by atoms with Gasteiger partial charge in [0.1, 0.15) is 5.75 Å². The molecule has 3 aromatic rings. The zero-order valence-corrected chi connectivity index (χ0v) is 14.4. The van der Waals surface area contributed by atoms with Gasteiger partial charge >= 0.3 is 6.03 Å². The third-order valence-electron chi connectivity index (χ3n) is 3.62. The molecule has 0 unspecified atom stereocenters. The Morgan fingerprint density at radius 2 is 1.62 bits per heavy atom. The molecule has 1 aromatic heterocycles. The van der Waals surface area contributed by atoms with Crippen LogP contribution in [0.4, 0.5) is 16.2 Å². The summed E-state index contributed by atoms with van der Waals surface area (Å²) in [6, 6.07) is 17.7. The fourth-order valence-corrected chi connectivity index (χ4v) is 2.30. The molecule has 0 saturated heterocycles. The molecule has 0 atom stereocenters. The van der Waals surface area contributed by atoms with Crippen LogP contribution in [0.15, 0.2) is 60.7 Å². The maximum Gasteiger partial charge on any atom is 0.323 e. The Balaban J connectivity index is 1.63. The highest BCUT2D eigenvalue weighted by molar-refractivity contribution is 5.99. The van der Waals surface area contributed by atoms with E-state index in [1.807, 2.05) is 24.3 Å². The Morgan fingerprint density at radius 3 is 2.27 bits per heavy atom. The quantitative estimate of drug-likeness (QED) is 0.731. The number of aromatic nitrogens is 2. The summed E-state index contributed by atoms with van der Waals surface area (Å²) in [6.07, 6.45) is 0. The molecule has 7 heteroatoms. The van der Waals surface area contributed by atoms with Crippen molar-refractivity contribution in [1.82, 2.24) is 10.2 Å². The Hall–Kier alpha value is -3.61. The monoisotopic (exact) mass is 350 g/mol. The summed E-state index contributed by atoms with van der Waals surface area (Å²) in [5.74, 6) is 1.13. The van der Waals surface area contributed by atoms with Crippen LogP contribution in [0.25, 0.3) is 11.3 Å². The normalized spacial score (nSPS) is 10.1. The molecule has 26 heavy (non-hydrogen) atoms. The molecule has 0 bridgehead atoms. The molecule has 1 heterocycles. The first kappa shape index (κ1) is 17.2. The summed E-state index contributed by atoms with van der Waals surface area (Å²) < 4.78 is 10.1. The number of carbonyl (C=O) groups excluding carboxylic acids is 1. The van der Waals surface area contributed by atoms with Gasteiger partial charge in [0.25, 0.3) is 0 Å². The maximum atomic E-state index is 12.1. The van der Waals surface area contributed by atoms with Gasteiger partial charge in [-0.15, -0.1) is 10.2 Å². The molecule has 0 aliphatic heterocycles. The zero-order valence-electron chi connectivity index (χ0n) is 14.4. The van der Waals surface area contributed by atoms with Crippen LogP contribution in [-0.2, 0) is 0 Å². The molecular weight excluding hydrogens is 332 g/mol. The fraction of sp³-hybridized carbons (Fsp3) is 0.105. The van der Waals surface area contributed by atoms with Crippen LogP contribution in [-0.4, -0.2) is 30.4 Å². The van der Waals surface area contributed by atoms with Crippen LogP contribution in [0, 0.1) is 0 Å². The van der Waals surface area contributed by atoms with Gasteiger partial charge in [-0.2, -0.15) is 0 Å². The number of nitrogens with one attached hydrogen (secondary N) is 2. The van der Waals surface area contributed by atoms with Gasteiger partial charge in [0, 0.05) is 29.1 Å². The summed E-state index contributed by atoms with van der Waals surface area (Å²) in [4.78, 5) is 12.1. The predicted octanol–water partition coefficient (Wildman–Crippen LogP) is 3.80. The van der Waals surface area contributed by atoms with Crippen molar-refractivity contribution in [2.75, 3.05) is 24.9 Å². The average molecular weight is 350 g/mol. The highest BCUT2D eigenvalue weighted by Gasteiger charge is 2.05. The molecule has 7 nitrogen and oxygen atoms in total. The zero-order chi connectivity index (χ0) is 18.4. The molecular formula is C19H18N4O3. The number of amides is 2. The van der Waals surface area contributed by atoms with Crippen LogP contribution in [0.5, 0.6) is 11.6 Å².